The van der Waals surface area contributed by atoms with E-state index in [1.54, 1.807) is 0 Å². The third-order valence-electron chi connectivity index (χ3n) is 2.54. The fourth-order valence-electron chi connectivity index (χ4n) is 1.41. The average Bonchev–Trinajstić information content (AvgIpc) is 2.22. The number of carboxylic acid groups (broad SMARTS) is 1. The van der Waals surface area contributed by atoms with Crippen molar-refractivity contribution in [2.75, 3.05) is 27.7 Å². The van der Waals surface area contributed by atoms with Crippen LogP contribution in [0.15, 0.2) is 0 Å². The molecule has 0 saturated carbocycles. The quantitative estimate of drug-likeness (QED) is 0.247. The van der Waals surface area contributed by atoms with Crippen molar-refractivity contribution in [2.24, 2.45) is 0 Å². The number of carboxylic acids is 1. The Morgan fingerprint density at radius 2 is 1.65 bits per heavy atom. The number of rotatable bonds is 6. The molecule has 0 saturated heterocycles. The Kier molecular flexibility index (Phi) is 4.75. The van der Waals surface area contributed by atoms with E-state index in [2.05, 4.69) is 0 Å². The lowest BCUT2D eigenvalue weighted by atomic mass is 9.94. The summed E-state index contributed by atoms with van der Waals surface area (Å²) < 4.78 is -0.572. The van der Waals surface area contributed by atoms with Crippen molar-refractivity contribution in [3.05, 3.63) is 0 Å². The Balaban J connectivity index is 5.50. The van der Waals surface area contributed by atoms with Gasteiger partial charge in [0.25, 0.3) is 5.72 Å². The molecular weight excluding hydrogens is 234 g/mol. The van der Waals surface area contributed by atoms with E-state index in [1.165, 1.54) is 21.1 Å². The molecule has 0 heterocycles. The standard InChI is InChI=1S/C9H17NO7/c1-10(2,3)9(17,5(12)4-11)7(14)6(13)8(15)16/h6-7,11,13-14,17H,4H2,1-3H3/p+1/t6-,7+,9+/m0/s1. The highest BCUT2D eigenvalue weighted by Crippen LogP contribution is 2.24. The summed E-state index contributed by atoms with van der Waals surface area (Å²) in [7, 11) is 3.93. The number of aliphatic hydroxyl groups excluding tert-OH is 3. The summed E-state index contributed by atoms with van der Waals surface area (Å²) in [5.74, 6) is -2.96. The number of aliphatic hydroxyl groups is 4. The van der Waals surface area contributed by atoms with Gasteiger partial charge in [0.2, 0.25) is 5.78 Å². The normalized spacial score (nSPS) is 19.2. The summed E-state index contributed by atoms with van der Waals surface area (Å²) in [6.07, 6.45) is -4.60. The molecule has 0 aliphatic heterocycles. The van der Waals surface area contributed by atoms with Crippen LogP contribution in [0.1, 0.15) is 0 Å². The lowest BCUT2D eigenvalue weighted by Crippen LogP contribution is -2.71. The Morgan fingerprint density at radius 3 is 1.88 bits per heavy atom. The molecule has 5 N–H and O–H groups in total. The first-order valence-electron chi connectivity index (χ1n) is 4.77. The predicted molar refractivity (Wildman–Crippen MR) is 54.7 cm³/mol. The topological polar surface area (TPSA) is 135 Å². The van der Waals surface area contributed by atoms with Crippen LogP contribution in [0.3, 0.4) is 0 Å². The number of nitrogens with zero attached hydrogens (tertiary/aromatic N) is 1. The maximum Gasteiger partial charge on any atom is 0.335 e. The van der Waals surface area contributed by atoms with Crippen molar-refractivity contribution in [3.8, 4) is 0 Å². The molecule has 0 aromatic heterocycles. The second kappa shape index (κ2) is 5.07. The van der Waals surface area contributed by atoms with Gasteiger partial charge in [-0.2, -0.15) is 0 Å². The summed E-state index contributed by atoms with van der Waals surface area (Å²) in [5.41, 5.74) is -2.62. The zero-order chi connectivity index (χ0) is 14.0. The minimum absolute atomic E-state index is 0.572. The summed E-state index contributed by atoms with van der Waals surface area (Å²) in [6.45, 7) is -1.09. The second-order valence-electron chi connectivity index (χ2n) is 4.55. The Labute approximate surface area is 97.9 Å². The number of aliphatic carboxylic acids is 1. The van der Waals surface area contributed by atoms with Crippen LogP contribution in [-0.2, 0) is 9.59 Å². The van der Waals surface area contributed by atoms with Gasteiger partial charge in [0.15, 0.2) is 12.2 Å². The number of carbonyl (C=O) groups is 2. The van der Waals surface area contributed by atoms with Gasteiger partial charge in [0.1, 0.15) is 6.61 Å². The van der Waals surface area contributed by atoms with Gasteiger partial charge in [-0.05, 0) is 0 Å². The molecule has 0 spiro atoms. The summed E-state index contributed by atoms with van der Waals surface area (Å²) in [4.78, 5) is 22.0. The molecule has 0 aliphatic rings. The fraction of sp³-hybridized carbons (Fsp3) is 0.778. The van der Waals surface area contributed by atoms with Crippen LogP contribution in [0.4, 0.5) is 0 Å². The molecule has 100 valence electrons. The first-order chi connectivity index (χ1) is 7.50. The van der Waals surface area contributed by atoms with E-state index in [4.69, 9.17) is 10.2 Å². The molecule has 0 aliphatic carbocycles. The Bertz CT molecular complexity index is 311. The zero-order valence-electron chi connectivity index (χ0n) is 9.86. The third-order valence-corrected chi connectivity index (χ3v) is 2.54. The van der Waals surface area contributed by atoms with Crippen LogP contribution in [0.5, 0.6) is 0 Å². The molecule has 0 amide bonds. The molecule has 0 fully saturated rings. The van der Waals surface area contributed by atoms with E-state index >= 15 is 0 Å². The summed E-state index contributed by atoms with van der Waals surface area (Å²) in [5, 5.41) is 46.2. The minimum Gasteiger partial charge on any atom is -0.479 e. The lowest BCUT2D eigenvalue weighted by Gasteiger charge is -2.43. The largest absolute Gasteiger partial charge is 0.479 e. The average molecular weight is 252 g/mol. The Hall–Kier alpha value is -1.06. The summed E-state index contributed by atoms with van der Waals surface area (Å²) in [6, 6.07) is 0. The van der Waals surface area contributed by atoms with Crippen molar-refractivity contribution in [1.82, 2.24) is 0 Å². The molecule has 17 heavy (non-hydrogen) atoms. The van der Waals surface area contributed by atoms with E-state index in [1.807, 2.05) is 0 Å². The van der Waals surface area contributed by atoms with Gasteiger partial charge >= 0.3 is 5.97 Å². The van der Waals surface area contributed by atoms with E-state index in [0.717, 1.165) is 0 Å². The van der Waals surface area contributed by atoms with Gasteiger partial charge in [-0.15, -0.1) is 0 Å². The van der Waals surface area contributed by atoms with Gasteiger partial charge < -0.3 is 25.5 Å². The lowest BCUT2D eigenvalue weighted by molar-refractivity contribution is -0.942. The molecule has 0 unspecified atom stereocenters. The van der Waals surface area contributed by atoms with Crippen LogP contribution in [0, 0.1) is 0 Å². The first-order valence-corrected chi connectivity index (χ1v) is 4.77. The SMILES string of the molecule is C[N+](C)(C)[C@@](O)(C(=O)CO)[C@H](O)[C@H](O)C(=O)O. The number of hydrogen-bond acceptors (Lipinski definition) is 6. The Morgan fingerprint density at radius 1 is 1.24 bits per heavy atom. The predicted octanol–water partition coefficient (Wildman–Crippen LogP) is -3.25. The van der Waals surface area contributed by atoms with Crippen molar-refractivity contribution < 1.29 is 39.6 Å². The molecular formula is C9H18NO7+. The van der Waals surface area contributed by atoms with Crippen LogP contribution in [0.2, 0.25) is 0 Å². The van der Waals surface area contributed by atoms with E-state index in [9.17, 15) is 24.9 Å². The van der Waals surface area contributed by atoms with E-state index < -0.39 is 40.8 Å². The maximum absolute atomic E-state index is 11.5. The number of quaternary nitrogens is 1. The molecule has 8 nitrogen and oxygen atoms in total. The number of carbonyl (C=O) groups excluding carboxylic acids is 1. The van der Waals surface area contributed by atoms with Crippen LogP contribution in [0.25, 0.3) is 0 Å². The minimum atomic E-state index is -2.62. The maximum atomic E-state index is 11.5. The van der Waals surface area contributed by atoms with Gasteiger partial charge in [-0.25, -0.2) is 4.79 Å². The molecule has 0 aromatic carbocycles. The monoisotopic (exact) mass is 252 g/mol. The fourth-order valence-corrected chi connectivity index (χ4v) is 1.41. The third kappa shape index (κ3) is 2.79. The van der Waals surface area contributed by atoms with Crippen molar-refractivity contribution in [3.63, 3.8) is 0 Å². The molecule has 0 radical (unpaired) electrons. The van der Waals surface area contributed by atoms with Gasteiger partial charge in [-0.3, -0.25) is 9.28 Å². The number of ketones is 1. The van der Waals surface area contributed by atoms with E-state index in [0.29, 0.717) is 0 Å². The highest BCUT2D eigenvalue weighted by atomic mass is 16.4. The smallest absolute Gasteiger partial charge is 0.335 e. The van der Waals surface area contributed by atoms with Crippen LogP contribution in [-0.4, -0.2) is 87.5 Å². The van der Waals surface area contributed by atoms with Crippen LogP contribution < -0.4 is 0 Å². The van der Waals surface area contributed by atoms with Crippen molar-refractivity contribution >= 4 is 11.8 Å². The molecule has 0 aromatic rings. The number of likely N-dealkylation sites (N-methyl/N-ethyl adjacent to an activating group) is 1. The van der Waals surface area contributed by atoms with Crippen molar-refractivity contribution in [2.45, 2.75) is 17.9 Å². The van der Waals surface area contributed by atoms with Gasteiger partial charge in [0, 0.05) is 0 Å². The highest BCUT2D eigenvalue weighted by molar-refractivity contribution is 5.88. The molecule has 0 bridgehead atoms. The zero-order valence-corrected chi connectivity index (χ0v) is 9.86. The van der Waals surface area contributed by atoms with Gasteiger partial charge in [0.05, 0.1) is 21.1 Å². The second-order valence-corrected chi connectivity index (χ2v) is 4.55. The van der Waals surface area contributed by atoms with Crippen molar-refractivity contribution in [1.29, 1.82) is 0 Å². The molecule has 3 atom stereocenters. The number of hydrogen-bond donors (Lipinski definition) is 5. The molecule has 0 rings (SSSR count). The first kappa shape index (κ1) is 15.9. The number of Topliss-reactive ketones (excluding diaryl/α,β-unsaturated/α-hetero) is 1. The summed E-state index contributed by atoms with van der Waals surface area (Å²) >= 11 is 0. The van der Waals surface area contributed by atoms with Crippen LogP contribution >= 0.6 is 0 Å². The highest BCUT2D eigenvalue weighted by Gasteiger charge is 2.58. The van der Waals surface area contributed by atoms with E-state index in [-0.39, 0.29) is 0 Å². The van der Waals surface area contributed by atoms with Gasteiger partial charge in [-0.1, -0.05) is 0 Å². The molecule has 8 heteroatoms.